The molecule has 390 valence electrons. The van der Waals surface area contributed by atoms with Gasteiger partial charge < -0.3 is 20.3 Å². The zero-order chi connectivity index (χ0) is 49.5. The van der Waals surface area contributed by atoms with Crippen molar-refractivity contribution in [2.24, 2.45) is 0 Å². The van der Waals surface area contributed by atoms with E-state index >= 15 is 0 Å². The molecule has 0 aromatic rings. The van der Waals surface area contributed by atoms with Crippen LogP contribution in [0.25, 0.3) is 0 Å². The number of esters is 1. The number of carbonyl (C=O) groups excluding carboxylic acids is 2. The second-order valence-electron chi connectivity index (χ2n) is 19.1. The summed E-state index contributed by atoms with van der Waals surface area (Å²) in [5.41, 5.74) is 0. The summed E-state index contributed by atoms with van der Waals surface area (Å²) in [7, 11) is 0. The highest BCUT2D eigenvalue weighted by molar-refractivity contribution is 5.77. The van der Waals surface area contributed by atoms with Crippen LogP contribution >= 0.6 is 0 Å². The van der Waals surface area contributed by atoms with Crippen molar-refractivity contribution in [3.63, 3.8) is 0 Å². The maximum atomic E-state index is 13.3. The molecule has 0 aromatic heterocycles. The van der Waals surface area contributed by atoms with Gasteiger partial charge in [-0.25, -0.2) is 0 Å². The van der Waals surface area contributed by atoms with Crippen LogP contribution in [0.15, 0.2) is 97.2 Å². The van der Waals surface area contributed by atoms with E-state index in [9.17, 15) is 19.8 Å². The molecule has 6 heteroatoms. The molecule has 0 bridgehead atoms. The molecule has 3 unspecified atom stereocenters. The first-order valence-electron chi connectivity index (χ1n) is 28.5. The Bertz CT molecular complexity index is 1340. The first kappa shape index (κ1) is 64.8. The lowest BCUT2D eigenvalue weighted by molar-refractivity contribution is -0.151. The fourth-order valence-electron chi connectivity index (χ4n) is 8.26. The van der Waals surface area contributed by atoms with Crippen molar-refractivity contribution < 1.29 is 24.5 Å². The van der Waals surface area contributed by atoms with Gasteiger partial charge in [0.1, 0.15) is 6.10 Å². The molecule has 0 rings (SSSR count). The highest BCUT2D eigenvalue weighted by atomic mass is 16.5. The van der Waals surface area contributed by atoms with Gasteiger partial charge in [-0.05, 0) is 70.6 Å². The second kappa shape index (κ2) is 54.7. The number of allylic oxidation sites excluding steroid dienone is 16. The van der Waals surface area contributed by atoms with Crippen LogP contribution in [0.5, 0.6) is 0 Å². The van der Waals surface area contributed by atoms with Crippen LogP contribution in [0.4, 0.5) is 0 Å². The van der Waals surface area contributed by atoms with E-state index < -0.39 is 18.2 Å². The fourth-order valence-corrected chi connectivity index (χ4v) is 8.26. The topological polar surface area (TPSA) is 95.9 Å². The maximum Gasteiger partial charge on any atom is 0.306 e. The first-order chi connectivity index (χ1) is 33.5. The third-order valence-electron chi connectivity index (χ3n) is 12.6. The van der Waals surface area contributed by atoms with Crippen molar-refractivity contribution in [3.8, 4) is 0 Å². The highest BCUT2D eigenvalue weighted by Crippen LogP contribution is 2.17. The number of aliphatic hydroxyl groups excluding tert-OH is 2. The molecule has 6 nitrogen and oxygen atoms in total. The lowest BCUT2D eigenvalue weighted by Gasteiger charge is -2.24. The number of rotatable bonds is 50. The summed E-state index contributed by atoms with van der Waals surface area (Å²) in [6.07, 6.45) is 73.3. The van der Waals surface area contributed by atoms with Crippen molar-refractivity contribution >= 4 is 11.9 Å². The molecule has 68 heavy (non-hydrogen) atoms. The highest BCUT2D eigenvalue weighted by Gasteiger charge is 2.24. The number of hydrogen-bond donors (Lipinski definition) is 3. The number of unbranched alkanes of at least 4 members (excludes halogenated alkanes) is 27. The SMILES string of the molecule is CC\C=C/C=C/C=C/C=C\C=C\C=C\CCCC(CC(=O)NC(CO)C(O)CCCCCCCCCCCCCCCCCCC)OC(=O)CCCCCCCCC/C=C\C/C=C\CCCCC. The van der Waals surface area contributed by atoms with Crippen LogP contribution in [-0.4, -0.2) is 46.9 Å². The third-order valence-corrected chi connectivity index (χ3v) is 12.6. The van der Waals surface area contributed by atoms with Crippen LogP contribution in [0, 0.1) is 0 Å². The van der Waals surface area contributed by atoms with E-state index in [-0.39, 0.29) is 24.9 Å². The molecule has 3 N–H and O–H groups in total. The van der Waals surface area contributed by atoms with Gasteiger partial charge in [-0.1, -0.05) is 272 Å². The molecule has 0 aliphatic carbocycles. The van der Waals surface area contributed by atoms with Crippen LogP contribution < -0.4 is 5.32 Å². The third kappa shape index (κ3) is 49.2. The molecule has 0 spiro atoms. The average molecular weight is 947 g/mol. The standard InChI is InChI=1S/C62H107NO5/c1-4-7-10-13-16-19-22-25-28-30-33-36-39-42-45-48-51-54-60(65)59(57-64)63-61(66)56-58(53-50-47-44-41-38-35-32-27-24-21-18-15-12-9-6-3)68-62(67)55-52-49-46-43-40-37-34-31-29-26-23-20-17-14-11-8-5-2/h9,12,15,17-18,20-21,24,26-27,29,32,35,38,41,44,58-60,64-65H,4-8,10-11,13-14,16,19,22-23,25,28,30-31,33-34,36-37,39-40,42-43,45-57H2,1-3H3,(H,63,66)/b12-9-,18-15+,20-17-,24-21+,29-26-,32-27-,38-35+,44-41+. The van der Waals surface area contributed by atoms with Gasteiger partial charge >= 0.3 is 5.97 Å². The molecule has 0 aliphatic rings. The molecule has 0 aromatic carbocycles. The minimum absolute atomic E-state index is 0.0189. The molecular weight excluding hydrogens is 839 g/mol. The van der Waals surface area contributed by atoms with E-state index in [4.69, 9.17) is 4.74 Å². The van der Waals surface area contributed by atoms with Crippen molar-refractivity contribution in [2.75, 3.05) is 6.61 Å². The van der Waals surface area contributed by atoms with Crippen molar-refractivity contribution in [3.05, 3.63) is 97.2 Å². The molecule has 0 heterocycles. The second-order valence-corrected chi connectivity index (χ2v) is 19.1. The Kier molecular flexibility index (Phi) is 52.1. The fraction of sp³-hybridized carbons (Fsp3) is 0.710. The predicted molar refractivity (Wildman–Crippen MR) is 296 cm³/mol. The number of ether oxygens (including phenoxy) is 1. The molecule has 0 radical (unpaired) electrons. The summed E-state index contributed by atoms with van der Waals surface area (Å²) in [4.78, 5) is 26.2. The minimum atomic E-state index is -0.815. The quantitative estimate of drug-likeness (QED) is 0.0244. The minimum Gasteiger partial charge on any atom is -0.462 e. The Labute approximate surface area is 420 Å². The number of aliphatic hydroxyl groups is 2. The normalized spacial score (nSPS) is 13.9. The van der Waals surface area contributed by atoms with Gasteiger partial charge in [-0.15, -0.1) is 0 Å². The maximum absolute atomic E-state index is 13.3. The van der Waals surface area contributed by atoms with Gasteiger partial charge in [0.2, 0.25) is 5.91 Å². The summed E-state index contributed by atoms with van der Waals surface area (Å²) in [6, 6.07) is -0.734. The summed E-state index contributed by atoms with van der Waals surface area (Å²) in [5.74, 6) is -0.559. The van der Waals surface area contributed by atoms with Gasteiger partial charge in [-0.2, -0.15) is 0 Å². The first-order valence-corrected chi connectivity index (χ1v) is 28.5. The number of hydrogen-bond acceptors (Lipinski definition) is 5. The van der Waals surface area contributed by atoms with E-state index in [2.05, 4.69) is 62.5 Å². The van der Waals surface area contributed by atoms with Crippen molar-refractivity contribution in [1.29, 1.82) is 0 Å². The lowest BCUT2D eigenvalue weighted by atomic mass is 10.0. The summed E-state index contributed by atoms with van der Waals surface area (Å²) in [5, 5.41) is 23.9. The monoisotopic (exact) mass is 946 g/mol. The van der Waals surface area contributed by atoms with Crippen LogP contribution in [0.1, 0.15) is 258 Å². The van der Waals surface area contributed by atoms with Crippen molar-refractivity contribution in [2.45, 2.75) is 277 Å². The lowest BCUT2D eigenvalue weighted by Crippen LogP contribution is -2.46. The number of amides is 1. The number of nitrogens with one attached hydrogen (secondary N) is 1. The average Bonchev–Trinajstić information content (AvgIpc) is 3.33. The molecule has 0 fully saturated rings. The van der Waals surface area contributed by atoms with Gasteiger partial charge in [0.05, 0.1) is 25.2 Å². The largest absolute Gasteiger partial charge is 0.462 e. The summed E-state index contributed by atoms with van der Waals surface area (Å²) in [6.45, 7) is 6.31. The molecule has 1 amide bonds. The van der Waals surface area contributed by atoms with E-state index in [1.54, 1.807) is 0 Å². The molecular formula is C62H107NO5. The molecule has 0 saturated heterocycles. The van der Waals surface area contributed by atoms with Gasteiger partial charge in [-0.3, -0.25) is 9.59 Å². The van der Waals surface area contributed by atoms with Gasteiger partial charge in [0, 0.05) is 6.42 Å². The van der Waals surface area contributed by atoms with Crippen LogP contribution in [-0.2, 0) is 14.3 Å². The van der Waals surface area contributed by atoms with E-state index in [0.717, 1.165) is 70.6 Å². The summed E-state index contributed by atoms with van der Waals surface area (Å²) < 4.78 is 5.91. The Balaban J connectivity index is 4.67. The Morgan fingerprint density at radius 2 is 0.868 bits per heavy atom. The molecule has 0 saturated carbocycles. The zero-order valence-electron chi connectivity index (χ0n) is 44.5. The van der Waals surface area contributed by atoms with Crippen LogP contribution in [0.3, 0.4) is 0 Å². The predicted octanol–water partition coefficient (Wildman–Crippen LogP) is 17.7. The molecule has 0 aliphatic heterocycles. The van der Waals surface area contributed by atoms with E-state index in [0.29, 0.717) is 19.3 Å². The smallest absolute Gasteiger partial charge is 0.306 e. The Morgan fingerprint density at radius 1 is 0.456 bits per heavy atom. The van der Waals surface area contributed by atoms with E-state index in [1.807, 2.05) is 60.8 Å². The summed E-state index contributed by atoms with van der Waals surface area (Å²) >= 11 is 0. The van der Waals surface area contributed by atoms with E-state index in [1.165, 1.54) is 141 Å². The Morgan fingerprint density at radius 3 is 1.37 bits per heavy atom. The Hall–Kier alpha value is -3.22. The number of carbonyl (C=O) groups is 2. The zero-order valence-corrected chi connectivity index (χ0v) is 44.5. The van der Waals surface area contributed by atoms with Crippen molar-refractivity contribution in [1.82, 2.24) is 5.32 Å². The van der Waals surface area contributed by atoms with Gasteiger partial charge in [0.25, 0.3) is 0 Å². The molecule has 3 atom stereocenters. The van der Waals surface area contributed by atoms with Crippen LogP contribution in [0.2, 0.25) is 0 Å². The van der Waals surface area contributed by atoms with Gasteiger partial charge in [0.15, 0.2) is 0 Å².